The molecular weight excluding hydrogens is 567 g/mol. The summed E-state index contributed by atoms with van der Waals surface area (Å²) in [5.41, 5.74) is 7.78. The van der Waals surface area contributed by atoms with Crippen LogP contribution in [0.4, 0.5) is 15.9 Å². The molecule has 4 aromatic heterocycles. The number of hydrogen-bond acceptors (Lipinski definition) is 7. The minimum absolute atomic E-state index is 0.0879. The lowest BCUT2D eigenvalue weighted by Crippen LogP contribution is -2.28. The van der Waals surface area contributed by atoms with E-state index in [0.29, 0.717) is 40.5 Å². The number of likely N-dealkylation sites (N-methyl/N-ethyl adjacent to an activating group) is 1. The highest BCUT2D eigenvalue weighted by Gasteiger charge is 2.45. The molecule has 1 amide bonds. The highest BCUT2D eigenvalue weighted by atomic mass is 19.1. The molecule has 1 unspecified atom stereocenters. The first-order chi connectivity index (χ1) is 22.0. The third kappa shape index (κ3) is 4.76. The third-order valence-electron chi connectivity index (χ3n) is 8.24. The topological polar surface area (TPSA) is 122 Å². The fourth-order valence-electron chi connectivity index (χ4n) is 6.01. The number of fused-ring (bicyclic) bond motifs is 3. The standard InChI is InChI=1S/C35H27FN8O/c1-44-34-28(30(36)25(19-39-34)22-16-23(18-38-17-22)40-27(45)15-20-7-3-2-4-8-20)29(32-35(44)43-32)33-41-26-10-6-5-9-24(31(26)42-33)21-11-13-37-14-12-21/h2-9,11-14,16-19,35,43H,10,15H2,1H3,(H,40,45)(H,41,42). The molecule has 1 aliphatic carbocycles. The molecule has 3 N–H and O–H groups in total. The molecule has 1 atom stereocenters. The zero-order valence-electron chi connectivity index (χ0n) is 24.3. The molecule has 2 aliphatic heterocycles. The van der Waals surface area contributed by atoms with Gasteiger partial charge in [0, 0.05) is 60.6 Å². The number of carbonyl (C=O) groups excluding carboxylic acids is 1. The van der Waals surface area contributed by atoms with E-state index in [1.54, 1.807) is 30.9 Å². The Bertz CT molecular complexity index is 2070. The number of aromatic amines is 1. The van der Waals surface area contributed by atoms with Gasteiger partial charge in [-0.15, -0.1) is 0 Å². The number of rotatable bonds is 6. The number of hydrogen-bond donors (Lipinski definition) is 3. The smallest absolute Gasteiger partial charge is 0.228 e. The summed E-state index contributed by atoms with van der Waals surface area (Å²) in [7, 11) is 1.89. The van der Waals surface area contributed by atoms with Crippen LogP contribution in [0.5, 0.6) is 0 Å². The maximum atomic E-state index is 16.8. The molecule has 0 saturated carbocycles. The number of pyridine rings is 3. The summed E-state index contributed by atoms with van der Waals surface area (Å²) in [4.78, 5) is 36.4. The van der Waals surface area contributed by atoms with Crippen LogP contribution in [0.25, 0.3) is 22.3 Å². The Kier molecular flexibility index (Phi) is 6.33. The van der Waals surface area contributed by atoms with E-state index in [1.807, 2.05) is 66.6 Å². The summed E-state index contributed by atoms with van der Waals surface area (Å²) < 4.78 is 16.8. The van der Waals surface area contributed by atoms with E-state index < -0.39 is 5.82 Å². The molecule has 0 radical (unpaired) electrons. The van der Waals surface area contributed by atoms with E-state index in [-0.39, 0.29) is 24.1 Å². The van der Waals surface area contributed by atoms with Crippen LogP contribution in [0.2, 0.25) is 0 Å². The van der Waals surface area contributed by atoms with Crippen molar-refractivity contribution in [1.82, 2.24) is 30.2 Å². The van der Waals surface area contributed by atoms with Gasteiger partial charge in [-0.05, 0) is 29.3 Å². The third-order valence-corrected chi connectivity index (χ3v) is 8.24. The molecule has 0 bridgehead atoms. The first kappa shape index (κ1) is 26.7. The monoisotopic (exact) mass is 594 g/mol. The van der Waals surface area contributed by atoms with Crippen LogP contribution in [0.1, 0.15) is 33.9 Å². The Morgan fingerprint density at radius 1 is 1.07 bits per heavy atom. The number of imidazole rings is 1. The minimum Gasteiger partial charge on any atom is -0.360 e. The number of anilines is 2. The number of amides is 1. The number of allylic oxidation sites excluding steroid dienone is 3. The Morgan fingerprint density at radius 2 is 1.91 bits per heavy atom. The van der Waals surface area contributed by atoms with Gasteiger partial charge in [0.1, 0.15) is 23.6 Å². The molecule has 0 spiro atoms. The van der Waals surface area contributed by atoms with Crippen LogP contribution >= 0.6 is 0 Å². The van der Waals surface area contributed by atoms with Crippen molar-refractivity contribution >= 4 is 28.6 Å². The summed E-state index contributed by atoms with van der Waals surface area (Å²) in [5.74, 6) is 0.470. The van der Waals surface area contributed by atoms with E-state index in [2.05, 4.69) is 31.7 Å². The van der Waals surface area contributed by atoms with Crippen molar-refractivity contribution in [2.24, 2.45) is 0 Å². The van der Waals surface area contributed by atoms with Crippen molar-refractivity contribution in [3.8, 4) is 11.1 Å². The quantitative estimate of drug-likeness (QED) is 0.229. The number of carbonyl (C=O) groups is 1. The van der Waals surface area contributed by atoms with Gasteiger partial charge in [0.2, 0.25) is 5.91 Å². The van der Waals surface area contributed by atoms with Crippen molar-refractivity contribution in [2.75, 3.05) is 17.3 Å². The van der Waals surface area contributed by atoms with Gasteiger partial charge in [0.05, 0.1) is 40.8 Å². The normalized spacial score (nSPS) is 16.2. The molecule has 8 rings (SSSR count). The SMILES string of the molecule is CN1c2ncc(-c3cncc(NC(=O)Cc4ccccc4)c3)c(F)c2C(c2nc3c([nH]2)CC=CC=C3c2ccncc2)=C2NC21. The fraction of sp³-hybridized carbons (Fsp3) is 0.114. The van der Waals surface area contributed by atoms with E-state index in [1.165, 1.54) is 6.20 Å². The lowest BCUT2D eigenvalue weighted by Gasteiger charge is -2.24. The van der Waals surface area contributed by atoms with Gasteiger partial charge in [-0.1, -0.05) is 48.6 Å². The van der Waals surface area contributed by atoms with E-state index in [9.17, 15) is 4.79 Å². The average Bonchev–Trinajstić information content (AvgIpc) is 3.80. The summed E-state index contributed by atoms with van der Waals surface area (Å²) in [6.07, 6.45) is 15.1. The zero-order valence-corrected chi connectivity index (χ0v) is 24.3. The van der Waals surface area contributed by atoms with Crippen LogP contribution in [0.3, 0.4) is 0 Å². The van der Waals surface area contributed by atoms with Crippen LogP contribution in [-0.4, -0.2) is 44.0 Å². The fourth-order valence-corrected chi connectivity index (χ4v) is 6.01. The van der Waals surface area contributed by atoms with Crippen molar-refractivity contribution < 1.29 is 9.18 Å². The van der Waals surface area contributed by atoms with Crippen molar-refractivity contribution in [2.45, 2.75) is 19.0 Å². The second-order valence-electron chi connectivity index (χ2n) is 11.2. The Labute approximate surface area is 258 Å². The molecule has 1 saturated heterocycles. The summed E-state index contributed by atoms with van der Waals surface area (Å²) in [6, 6.07) is 15.1. The summed E-state index contributed by atoms with van der Waals surface area (Å²) in [6.45, 7) is 0. The summed E-state index contributed by atoms with van der Waals surface area (Å²) >= 11 is 0. The first-order valence-corrected chi connectivity index (χ1v) is 14.6. The van der Waals surface area contributed by atoms with E-state index in [4.69, 9.17) is 9.97 Å². The Hall–Kier alpha value is -5.90. The van der Waals surface area contributed by atoms with Crippen LogP contribution in [0.15, 0.2) is 103 Å². The van der Waals surface area contributed by atoms with Crippen LogP contribution in [0, 0.1) is 5.82 Å². The van der Waals surface area contributed by atoms with Gasteiger partial charge in [-0.2, -0.15) is 0 Å². The molecule has 3 aliphatic rings. The molecular formula is C35H27FN8O. The minimum atomic E-state index is -0.438. The zero-order chi connectivity index (χ0) is 30.5. The molecule has 10 heteroatoms. The molecule has 9 nitrogen and oxygen atoms in total. The van der Waals surface area contributed by atoms with Gasteiger partial charge in [-0.3, -0.25) is 14.8 Å². The van der Waals surface area contributed by atoms with Gasteiger partial charge < -0.3 is 20.5 Å². The van der Waals surface area contributed by atoms with E-state index in [0.717, 1.165) is 33.8 Å². The number of nitrogens with zero attached hydrogens (tertiary/aromatic N) is 5. The van der Waals surface area contributed by atoms with Crippen molar-refractivity contribution in [3.05, 3.63) is 143 Å². The second kappa shape index (κ2) is 10.7. The second-order valence-corrected chi connectivity index (χ2v) is 11.2. The molecule has 220 valence electrons. The maximum absolute atomic E-state index is 16.8. The number of aromatic nitrogens is 5. The van der Waals surface area contributed by atoms with Gasteiger partial charge in [0.25, 0.3) is 0 Å². The predicted molar refractivity (Wildman–Crippen MR) is 170 cm³/mol. The molecule has 1 aromatic carbocycles. The predicted octanol–water partition coefficient (Wildman–Crippen LogP) is 5.26. The maximum Gasteiger partial charge on any atom is 0.228 e. The van der Waals surface area contributed by atoms with Gasteiger partial charge in [-0.25, -0.2) is 14.4 Å². The van der Waals surface area contributed by atoms with Gasteiger partial charge in [0.15, 0.2) is 0 Å². The molecule has 1 fully saturated rings. The lowest BCUT2D eigenvalue weighted by molar-refractivity contribution is -0.115. The highest BCUT2D eigenvalue weighted by molar-refractivity contribution is 5.95. The highest BCUT2D eigenvalue weighted by Crippen LogP contribution is 2.46. The summed E-state index contributed by atoms with van der Waals surface area (Å²) in [5, 5.41) is 6.28. The molecule has 5 aromatic rings. The Morgan fingerprint density at radius 3 is 2.76 bits per heavy atom. The van der Waals surface area contributed by atoms with Gasteiger partial charge >= 0.3 is 0 Å². The number of nitrogens with one attached hydrogen (secondary N) is 3. The van der Waals surface area contributed by atoms with Crippen LogP contribution in [-0.2, 0) is 17.6 Å². The lowest BCUT2D eigenvalue weighted by atomic mass is 9.97. The van der Waals surface area contributed by atoms with E-state index >= 15 is 4.39 Å². The average molecular weight is 595 g/mol. The number of benzene rings is 1. The number of halogens is 1. The number of H-pyrrole nitrogens is 1. The first-order valence-electron chi connectivity index (χ1n) is 14.6. The molecule has 6 heterocycles. The van der Waals surface area contributed by atoms with Crippen molar-refractivity contribution in [3.63, 3.8) is 0 Å². The largest absolute Gasteiger partial charge is 0.360 e. The van der Waals surface area contributed by atoms with Crippen LogP contribution < -0.4 is 15.5 Å². The van der Waals surface area contributed by atoms with Crippen molar-refractivity contribution in [1.29, 1.82) is 0 Å². The molecule has 45 heavy (non-hydrogen) atoms. The Balaban J connectivity index is 1.17.